The van der Waals surface area contributed by atoms with Gasteiger partial charge in [-0.3, -0.25) is 0 Å². The molecule has 0 aliphatic rings. The second kappa shape index (κ2) is 5.94. The number of rotatable bonds is 4. The number of hydrogen-bond donors (Lipinski definition) is 0. The van der Waals surface area contributed by atoms with Gasteiger partial charge in [0.15, 0.2) is 0 Å². The van der Waals surface area contributed by atoms with Crippen molar-refractivity contribution < 1.29 is 0 Å². The normalized spacial score (nSPS) is 10.8. The first kappa shape index (κ1) is 10.2. The summed E-state index contributed by atoms with van der Waals surface area (Å²) in [6.45, 7) is 10.6. The van der Waals surface area contributed by atoms with Crippen molar-refractivity contribution in [1.29, 1.82) is 5.26 Å². The Balaban J connectivity index is 4.69. The molecule has 0 atom stereocenters. The van der Waals surface area contributed by atoms with E-state index >= 15 is 0 Å². The second-order valence-electron chi connectivity index (χ2n) is 2.04. The molecular weight excluding hydrogens is 146 g/mol. The van der Waals surface area contributed by atoms with Crippen LogP contribution in [0.15, 0.2) is 61.3 Å². The van der Waals surface area contributed by atoms with Crippen LogP contribution in [0, 0.1) is 11.3 Å². The fourth-order valence-electron chi connectivity index (χ4n) is 0.620. The molecule has 0 aromatic carbocycles. The lowest BCUT2D eigenvalue weighted by Crippen LogP contribution is -1.79. The average molecular weight is 157 g/mol. The molecule has 0 radical (unpaired) electrons. The van der Waals surface area contributed by atoms with Crippen LogP contribution in [-0.4, -0.2) is 0 Å². The summed E-state index contributed by atoms with van der Waals surface area (Å²) in [6, 6.07) is 1.96. The third-order valence-corrected chi connectivity index (χ3v) is 1.19. The molecule has 0 aliphatic carbocycles. The van der Waals surface area contributed by atoms with Crippen molar-refractivity contribution in [3.63, 3.8) is 0 Å². The predicted molar refractivity (Wildman–Crippen MR) is 52.4 cm³/mol. The van der Waals surface area contributed by atoms with Crippen molar-refractivity contribution in [2.45, 2.75) is 0 Å². The Labute approximate surface area is 73.3 Å². The van der Waals surface area contributed by atoms with Gasteiger partial charge < -0.3 is 0 Å². The molecule has 1 heteroatoms. The molecule has 1 nitrogen and oxygen atoms in total. The van der Waals surface area contributed by atoms with Crippen molar-refractivity contribution in [2.24, 2.45) is 0 Å². The molecule has 12 heavy (non-hydrogen) atoms. The minimum Gasteiger partial charge on any atom is -0.192 e. The van der Waals surface area contributed by atoms with Gasteiger partial charge in [0.25, 0.3) is 0 Å². The van der Waals surface area contributed by atoms with Gasteiger partial charge in [0.2, 0.25) is 0 Å². The molecule has 0 unspecified atom stereocenters. The number of allylic oxidation sites excluding steroid dienone is 7. The first-order valence-electron chi connectivity index (χ1n) is 3.47. The smallest absolute Gasteiger partial charge is 0.0991 e. The Morgan fingerprint density at radius 3 is 2.33 bits per heavy atom. The predicted octanol–water partition coefficient (Wildman–Crippen LogP) is 2.92. The molecule has 0 aromatic heterocycles. The summed E-state index contributed by atoms with van der Waals surface area (Å²) >= 11 is 0. The Kier molecular flexibility index (Phi) is 5.04. The molecule has 0 rings (SSSR count). The van der Waals surface area contributed by atoms with E-state index in [1.54, 1.807) is 30.4 Å². The number of nitrogens with zero attached hydrogens (tertiary/aromatic N) is 1. The quantitative estimate of drug-likeness (QED) is 0.454. The fraction of sp³-hybridized carbons (Fsp3) is 0. The minimum atomic E-state index is 0.424. The van der Waals surface area contributed by atoms with E-state index in [0.29, 0.717) is 5.57 Å². The first-order valence-corrected chi connectivity index (χ1v) is 3.47. The molecule has 0 aliphatic heterocycles. The molecule has 60 valence electrons. The average Bonchev–Trinajstić information content (AvgIpc) is 2.11. The highest BCUT2D eigenvalue weighted by Gasteiger charge is 1.93. The van der Waals surface area contributed by atoms with E-state index in [1.807, 2.05) is 6.07 Å². The van der Waals surface area contributed by atoms with E-state index in [1.165, 1.54) is 0 Å². The monoisotopic (exact) mass is 157 g/mol. The third kappa shape index (κ3) is 3.38. The van der Waals surface area contributed by atoms with Crippen molar-refractivity contribution in [3.05, 3.63) is 61.3 Å². The zero-order valence-electron chi connectivity index (χ0n) is 6.96. The van der Waals surface area contributed by atoms with Gasteiger partial charge in [0, 0.05) is 0 Å². The van der Waals surface area contributed by atoms with Gasteiger partial charge in [-0.05, 0) is 5.57 Å². The number of hydrogen-bond acceptors (Lipinski definition) is 1. The lowest BCUT2D eigenvalue weighted by molar-refractivity contribution is 1.47. The van der Waals surface area contributed by atoms with E-state index in [2.05, 4.69) is 19.7 Å². The van der Waals surface area contributed by atoms with E-state index in [0.717, 1.165) is 5.57 Å². The van der Waals surface area contributed by atoms with Gasteiger partial charge in [0.1, 0.15) is 0 Å². The van der Waals surface area contributed by atoms with E-state index < -0.39 is 0 Å². The van der Waals surface area contributed by atoms with Gasteiger partial charge in [0.05, 0.1) is 11.6 Å². The van der Waals surface area contributed by atoms with Crippen molar-refractivity contribution >= 4 is 0 Å². The van der Waals surface area contributed by atoms with Crippen LogP contribution in [0.3, 0.4) is 0 Å². The van der Waals surface area contributed by atoms with Gasteiger partial charge in [-0.2, -0.15) is 5.26 Å². The summed E-state index contributed by atoms with van der Waals surface area (Å²) in [6.07, 6.45) is 8.50. The van der Waals surface area contributed by atoms with Gasteiger partial charge in [-0.15, -0.1) is 0 Å². The van der Waals surface area contributed by atoms with Crippen LogP contribution in [0.25, 0.3) is 0 Å². The zero-order valence-corrected chi connectivity index (χ0v) is 6.96. The molecule has 0 saturated carbocycles. The molecule has 0 amide bonds. The minimum absolute atomic E-state index is 0.424. The second-order valence-corrected chi connectivity index (χ2v) is 2.04. The topological polar surface area (TPSA) is 23.8 Å². The van der Waals surface area contributed by atoms with Crippen LogP contribution in [0.2, 0.25) is 0 Å². The standard InChI is InChI=1S/C11H11N/c1-4-6-8-11(7-5-2)10(3)9-12/h4-8H,1-3H2/b8-6-,11-7+. The summed E-state index contributed by atoms with van der Waals surface area (Å²) in [4.78, 5) is 0. The maximum absolute atomic E-state index is 8.55. The molecule has 0 N–H and O–H groups in total. The van der Waals surface area contributed by atoms with Crippen LogP contribution in [-0.2, 0) is 0 Å². The Hall–Kier alpha value is -1.81. The SMILES string of the molecule is C=C/C=C\C(=C/C=C)C(=C)C#N. The van der Waals surface area contributed by atoms with Crippen LogP contribution in [0.4, 0.5) is 0 Å². The highest BCUT2D eigenvalue weighted by atomic mass is 14.2. The first-order chi connectivity index (χ1) is 5.76. The lowest BCUT2D eigenvalue weighted by atomic mass is 10.1. The highest BCUT2D eigenvalue weighted by Crippen LogP contribution is 2.08. The Morgan fingerprint density at radius 1 is 1.25 bits per heavy atom. The van der Waals surface area contributed by atoms with Crippen LogP contribution in [0.1, 0.15) is 0 Å². The van der Waals surface area contributed by atoms with Crippen molar-refractivity contribution in [1.82, 2.24) is 0 Å². The largest absolute Gasteiger partial charge is 0.192 e. The molecule has 0 fully saturated rings. The van der Waals surface area contributed by atoms with E-state index in [4.69, 9.17) is 5.26 Å². The summed E-state index contributed by atoms with van der Waals surface area (Å²) in [5.74, 6) is 0. The molecule has 0 heterocycles. The van der Waals surface area contributed by atoms with Gasteiger partial charge in [-0.1, -0.05) is 50.1 Å². The third-order valence-electron chi connectivity index (χ3n) is 1.19. The summed E-state index contributed by atoms with van der Waals surface area (Å²) in [5, 5.41) is 8.55. The maximum atomic E-state index is 8.55. The summed E-state index contributed by atoms with van der Waals surface area (Å²) in [5.41, 5.74) is 1.18. The van der Waals surface area contributed by atoms with Crippen LogP contribution < -0.4 is 0 Å². The maximum Gasteiger partial charge on any atom is 0.0991 e. The molecule has 0 bridgehead atoms. The van der Waals surface area contributed by atoms with Crippen molar-refractivity contribution in [3.8, 4) is 6.07 Å². The zero-order chi connectivity index (χ0) is 9.40. The summed E-state index contributed by atoms with van der Waals surface area (Å²) in [7, 11) is 0. The Bertz CT molecular complexity index is 285. The molecule has 0 saturated heterocycles. The van der Waals surface area contributed by atoms with Gasteiger partial charge in [-0.25, -0.2) is 0 Å². The Morgan fingerprint density at radius 2 is 1.92 bits per heavy atom. The van der Waals surface area contributed by atoms with E-state index in [9.17, 15) is 0 Å². The lowest BCUT2D eigenvalue weighted by Gasteiger charge is -1.93. The van der Waals surface area contributed by atoms with Crippen LogP contribution in [0.5, 0.6) is 0 Å². The van der Waals surface area contributed by atoms with E-state index in [-0.39, 0.29) is 0 Å². The highest BCUT2D eigenvalue weighted by molar-refractivity contribution is 5.48. The fourth-order valence-corrected chi connectivity index (χ4v) is 0.620. The molecule has 0 spiro atoms. The number of nitriles is 1. The summed E-state index contributed by atoms with van der Waals surface area (Å²) < 4.78 is 0. The molecule has 0 aromatic rings. The van der Waals surface area contributed by atoms with Gasteiger partial charge >= 0.3 is 0 Å². The van der Waals surface area contributed by atoms with Crippen molar-refractivity contribution in [2.75, 3.05) is 0 Å². The van der Waals surface area contributed by atoms with Crippen LogP contribution >= 0.6 is 0 Å². The molecular formula is C11H11N.